The summed E-state index contributed by atoms with van der Waals surface area (Å²) in [6.07, 6.45) is 2.39. The van der Waals surface area contributed by atoms with Gasteiger partial charge < -0.3 is 5.73 Å². The first-order chi connectivity index (χ1) is 8.82. The van der Waals surface area contributed by atoms with Crippen molar-refractivity contribution in [2.24, 2.45) is 11.8 Å². The maximum atomic E-state index is 12.6. The first kappa shape index (κ1) is 14.7. The van der Waals surface area contributed by atoms with Crippen LogP contribution in [0.3, 0.4) is 0 Å². The first-order valence-electron chi connectivity index (χ1n) is 6.61. The molecule has 1 aliphatic carbocycles. The summed E-state index contributed by atoms with van der Waals surface area (Å²) in [5.74, 6) is 1.02. The normalized spacial score (nSPS) is 28.3. The summed E-state index contributed by atoms with van der Waals surface area (Å²) in [4.78, 5) is 0.226. The van der Waals surface area contributed by atoms with Gasteiger partial charge in [0.25, 0.3) is 0 Å². The monoisotopic (exact) mass is 301 g/mol. The Morgan fingerprint density at radius 3 is 2.47 bits per heavy atom. The number of halogens is 1. The molecule has 106 valence electrons. The van der Waals surface area contributed by atoms with Gasteiger partial charge in [0, 0.05) is 5.02 Å². The Hall–Kier alpha value is -0.740. The van der Waals surface area contributed by atoms with Gasteiger partial charge in [-0.2, -0.15) is 0 Å². The average molecular weight is 302 g/mol. The molecule has 3 nitrogen and oxygen atoms in total. The minimum Gasteiger partial charge on any atom is -0.398 e. The standard InChI is InChI=1S/C14H20ClNO2S/c1-9-3-5-12(7-10(9)2)19(17,18)14-6-4-11(15)8-13(14)16/h4,6,8-10,12H,3,5,7,16H2,1-2H3. The predicted molar refractivity (Wildman–Crippen MR) is 79.0 cm³/mol. The van der Waals surface area contributed by atoms with Gasteiger partial charge in [0.2, 0.25) is 0 Å². The summed E-state index contributed by atoms with van der Waals surface area (Å²) in [7, 11) is -3.35. The SMILES string of the molecule is CC1CCC(S(=O)(=O)c2ccc(Cl)cc2N)CC1C. The van der Waals surface area contributed by atoms with Crippen molar-refractivity contribution < 1.29 is 8.42 Å². The summed E-state index contributed by atoms with van der Waals surface area (Å²) in [6.45, 7) is 4.31. The predicted octanol–water partition coefficient (Wildman–Crippen LogP) is 3.52. The number of benzene rings is 1. The van der Waals surface area contributed by atoms with Gasteiger partial charge in [-0.25, -0.2) is 8.42 Å². The molecule has 1 fully saturated rings. The van der Waals surface area contributed by atoms with E-state index in [-0.39, 0.29) is 15.8 Å². The second-order valence-corrected chi connectivity index (χ2v) is 8.25. The molecular formula is C14H20ClNO2S. The molecule has 19 heavy (non-hydrogen) atoms. The highest BCUT2D eigenvalue weighted by atomic mass is 35.5. The van der Waals surface area contributed by atoms with Crippen molar-refractivity contribution in [1.82, 2.24) is 0 Å². The van der Waals surface area contributed by atoms with Crippen LogP contribution >= 0.6 is 11.6 Å². The van der Waals surface area contributed by atoms with Crippen LogP contribution in [0.15, 0.2) is 23.1 Å². The number of hydrogen-bond acceptors (Lipinski definition) is 3. The Morgan fingerprint density at radius 2 is 1.89 bits per heavy atom. The van der Waals surface area contributed by atoms with Gasteiger partial charge in [0.15, 0.2) is 9.84 Å². The van der Waals surface area contributed by atoms with Crippen LogP contribution in [0.5, 0.6) is 0 Å². The Kier molecular flexibility index (Phi) is 4.11. The van der Waals surface area contributed by atoms with Crippen LogP contribution in [-0.4, -0.2) is 13.7 Å². The minimum absolute atomic E-state index is 0.226. The van der Waals surface area contributed by atoms with E-state index in [1.165, 1.54) is 12.1 Å². The van der Waals surface area contributed by atoms with Crippen molar-refractivity contribution >= 4 is 27.1 Å². The van der Waals surface area contributed by atoms with Crippen molar-refractivity contribution in [3.05, 3.63) is 23.2 Å². The number of anilines is 1. The molecule has 0 spiro atoms. The summed E-state index contributed by atoms with van der Waals surface area (Å²) in [5.41, 5.74) is 6.06. The molecule has 1 saturated carbocycles. The van der Waals surface area contributed by atoms with Crippen molar-refractivity contribution in [3.8, 4) is 0 Å². The molecule has 0 radical (unpaired) electrons. The van der Waals surface area contributed by atoms with Gasteiger partial charge in [-0.3, -0.25) is 0 Å². The maximum absolute atomic E-state index is 12.6. The lowest BCUT2D eigenvalue weighted by atomic mass is 9.81. The van der Waals surface area contributed by atoms with Crippen molar-refractivity contribution in [1.29, 1.82) is 0 Å². The Balaban J connectivity index is 2.32. The zero-order valence-corrected chi connectivity index (χ0v) is 12.8. The second kappa shape index (κ2) is 5.33. The topological polar surface area (TPSA) is 60.2 Å². The van der Waals surface area contributed by atoms with E-state index in [1.54, 1.807) is 6.07 Å². The maximum Gasteiger partial charge on any atom is 0.183 e. The van der Waals surface area contributed by atoms with E-state index < -0.39 is 9.84 Å². The van der Waals surface area contributed by atoms with Gasteiger partial charge in [-0.1, -0.05) is 25.4 Å². The third-order valence-electron chi connectivity index (χ3n) is 4.27. The fourth-order valence-corrected chi connectivity index (χ4v) is 4.93. The Morgan fingerprint density at radius 1 is 1.21 bits per heavy atom. The smallest absolute Gasteiger partial charge is 0.183 e. The van der Waals surface area contributed by atoms with E-state index in [4.69, 9.17) is 17.3 Å². The van der Waals surface area contributed by atoms with Crippen LogP contribution in [0.2, 0.25) is 5.02 Å². The average Bonchev–Trinajstić information content (AvgIpc) is 2.32. The lowest BCUT2D eigenvalue weighted by molar-refractivity contribution is 0.278. The number of nitrogens with two attached hydrogens (primary N) is 1. The summed E-state index contributed by atoms with van der Waals surface area (Å²) in [6, 6.07) is 4.61. The lowest BCUT2D eigenvalue weighted by Crippen LogP contribution is -2.31. The van der Waals surface area contributed by atoms with Gasteiger partial charge in [-0.05, 0) is 49.3 Å². The van der Waals surface area contributed by atoms with E-state index in [1.807, 2.05) is 0 Å². The quantitative estimate of drug-likeness (QED) is 0.850. The number of hydrogen-bond donors (Lipinski definition) is 1. The third-order valence-corrected chi connectivity index (χ3v) is 6.79. The van der Waals surface area contributed by atoms with Crippen LogP contribution in [0.1, 0.15) is 33.1 Å². The highest BCUT2D eigenvalue weighted by Gasteiger charge is 2.35. The molecule has 5 heteroatoms. The van der Waals surface area contributed by atoms with Crippen LogP contribution in [0.4, 0.5) is 5.69 Å². The van der Waals surface area contributed by atoms with Gasteiger partial charge in [0.05, 0.1) is 15.8 Å². The largest absolute Gasteiger partial charge is 0.398 e. The van der Waals surface area contributed by atoms with Gasteiger partial charge >= 0.3 is 0 Å². The minimum atomic E-state index is -3.35. The molecule has 0 amide bonds. The number of rotatable bonds is 2. The first-order valence-corrected chi connectivity index (χ1v) is 8.53. The van der Waals surface area contributed by atoms with E-state index in [9.17, 15) is 8.42 Å². The number of sulfone groups is 1. The Bertz CT molecular complexity index is 571. The van der Waals surface area contributed by atoms with Crippen molar-refractivity contribution in [2.45, 2.75) is 43.3 Å². The zero-order chi connectivity index (χ0) is 14.2. The molecule has 0 bridgehead atoms. The molecule has 1 aromatic rings. The summed E-state index contributed by atoms with van der Waals surface area (Å²) >= 11 is 5.82. The molecule has 3 atom stereocenters. The van der Waals surface area contributed by atoms with Crippen LogP contribution in [0, 0.1) is 11.8 Å². The fraction of sp³-hybridized carbons (Fsp3) is 0.571. The third kappa shape index (κ3) is 2.90. The van der Waals surface area contributed by atoms with E-state index in [2.05, 4.69) is 13.8 Å². The molecule has 0 aromatic heterocycles. The summed E-state index contributed by atoms with van der Waals surface area (Å²) < 4.78 is 25.3. The lowest BCUT2D eigenvalue weighted by Gasteiger charge is -2.31. The molecular weight excluding hydrogens is 282 g/mol. The van der Waals surface area contributed by atoms with Crippen LogP contribution in [-0.2, 0) is 9.84 Å². The van der Waals surface area contributed by atoms with E-state index >= 15 is 0 Å². The molecule has 2 rings (SSSR count). The van der Waals surface area contributed by atoms with Crippen molar-refractivity contribution in [3.63, 3.8) is 0 Å². The molecule has 1 aromatic carbocycles. The van der Waals surface area contributed by atoms with Gasteiger partial charge in [0.1, 0.15) is 0 Å². The molecule has 1 aliphatic rings. The highest BCUT2D eigenvalue weighted by Crippen LogP contribution is 2.37. The Labute approximate surface area is 120 Å². The van der Waals surface area contributed by atoms with Crippen LogP contribution < -0.4 is 5.73 Å². The molecule has 3 unspecified atom stereocenters. The van der Waals surface area contributed by atoms with Crippen LogP contribution in [0.25, 0.3) is 0 Å². The zero-order valence-electron chi connectivity index (χ0n) is 11.3. The fourth-order valence-electron chi connectivity index (χ4n) is 2.74. The van der Waals surface area contributed by atoms with Crippen molar-refractivity contribution in [2.75, 3.05) is 5.73 Å². The summed E-state index contributed by atoms with van der Waals surface area (Å²) in [5, 5.41) is 0.143. The molecule has 0 aliphatic heterocycles. The van der Waals surface area contributed by atoms with E-state index in [0.717, 1.165) is 12.8 Å². The second-order valence-electron chi connectivity index (χ2n) is 5.62. The highest BCUT2D eigenvalue weighted by molar-refractivity contribution is 7.92. The van der Waals surface area contributed by atoms with E-state index in [0.29, 0.717) is 23.3 Å². The molecule has 0 saturated heterocycles. The molecule has 2 N–H and O–H groups in total. The molecule has 0 heterocycles. The van der Waals surface area contributed by atoms with Gasteiger partial charge in [-0.15, -0.1) is 0 Å². The number of nitrogen functional groups attached to an aromatic ring is 1.